The maximum atomic E-state index is 13.1. The molecule has 3 aromatic rings. The number of hydrogen-bond acceptors (Lipinski definition) is 4. The highest BCUT2D eigenvalue weighted by atomic mass is 19.1. The van der Waals surface area contributed by atoms with Crippen LogP contribution in [-0.2, 0) is 0 Å². The van der Waals surface area contributed by atoms with E-state index in [1.807, 2.05) is 18.2 Å². The lowest BCUT2D eigenvalue weighted by atomic mass is 9.97. The van der Waals surface area contributed by atoms with E-state index in [1.54, 1.807) is 30.7 Å². The average Bonchev–Trinajstić information content (AvgIpc) is 2.56. The van der Waals surface area contributed by atoms with Gasteiger partial charge in [-0.05, 0) is 47.0 Å². The third-order valence-electron chi connectivity index (χ3n) is 3.20. The van der Waals surface area contributed by atoms with E-state index in [1.165, 1.54) is 12.1 Å². The molecule has 2 heterocycles. The van der Waals surface area contributed by atoms with Crippen molar-refractivity contribution in [2.45, 2.75) is 0 Å². The Bertz CT molecular complexity index is 742. The van der Waals surface area contributed by atoms with E-state index in [9.17, 15) is 4.39 Å². The number of rotatable bonds is 3. The van der Waals surface area contributed by atoms with E-state index in [4.69, 9.17) is 5.84 Å². The minimum Gasteiger partial charge on any atom is -0.308 e. The van der Waals surface area contributed by atoms with Crippen molar-refractivity contribution in [2.24, 2.45) is 5.84 Å². The molecule has 3 N–H and O–H groups in total. The number of nitrogen functional groups attached to an aromatic ring is 1. The molecule has 1 aromatic carbocycles. The monoisotopic (exact) mass is 280 g/mol. The predicted octanol–water partition coefficient (Wildman–Crippen LogP) is 3.24. The van der Waals surface area contributed by atoms with Crippen LogP contribution in [0, 0.1) is 5.82 Å². The number of hydrogen-bond donors (Lipinski definition) is 2. The zero-order valence-corrected chi connectivity index (χ0v) is 11.1. The molecule has 0 spiro atoms. The highest BCUT2D eigenvalue weighted by Crippen LogP contribution is 2.32. The Kier molecular flexibility index (Phi) is 3.57. The number of nitrogens with two attached hydrogens (primary N) is 1. The van der Waals surface area contributed by atoms with Crippen LogP contribution in [0.5, 0.6) is 0 Å². The number of pyridine rings is 2. The highest BCUT2D eigenvalue weighted by molar-refractivity contribution is 5.84. The normalized spacial score (nSPS) is 10.4. The Labute approximate surface area is 121 Å². The second-order valence-corrected chi connectivity index (χ2v) is 4.50. The van der Waals surface area contributed by atoms with Crippen molar-refractivity contribution in [3.63, 3.8) is 0 Å². The summed E-state index contributed by atoms with van der Waals surface area (Å²) in [6, 6.07) is 12.0. The van der Waals surface area contributed by atoms with Gasteiger partial charge < -0.3 is 5.43 Å². The quantitative estimate of drug-likeness (QED) is 0.571. The van der Waals surface area contributed by atoms with Crippen molar-refractivity contribution in [3.05, 3.63) is 66.9 Å². The molecule has 2 aromatic heterocycles. The van der Waals surface area contributed by atoms with Gasteiger partial charge in [-0.15, -0.1) is 0 Å². The number of aromatic nitrogens is 2. The van der Waals surface area contributed by atoms with Crippen molar-refractivity contribution in [1.29, 1.82) is 0 Å². The summed E-state index contributed by atoms with van der Waals surface area (Å²) in [5.41, 5.74) is 6.27. The summed E-state index contributed by atoms with van der Waals surface area (Å²) >= 11 is 0. The second-order valence-electron chi connectivity index (χ2n) is 4.50. The first-order valence-electron chi connectivity index (χ1n) is 6.41. The van der Waals surface area contributed by atoms with Crippen molar-refractivity contribution < 1.29 is 4.39 Å². The van der Waals surface area contributed by atoms with E-state index >= 15 is 0 Å². The van der Waals surface area contributed by atoms with Gasteiger partial charge in [-0.25, -0.2) is 15.2 Å². The minimum atomic E-state index is -0.266. The van der Waals surface area contributed by atoms with E-state index in [-0.39, 0.29) is 5.82 Å². The highest BCUT2D eigenvalue weighted by Gasteiger charge is 2.09. The number of anilines is 1. The van der Waals surface area contributed by atoms with Crippen molar-refractivity contribution in [3.8, 4) is 22.3 Å². The van der Waals surface area contributed by atoms with Crippen LogP contribution in [0.4, 0.5) is 10.2 Å². The van der Waals surface area contributed by atoms with Gasteiger partial charge in [-0.2, -0.15) is 0 Å². The van der Waals surface area contributed by atoms with Gasteiger partial charge in [0.1, 0.15) is 11.6 Å². The lowest BCUT2D eigenvalue weighted by molar-refractivity contribution is 0.628. The van der Waals surface area contributed by atoms with Crippen LogP contribution in [0.1, 0.15) is 0 Å². The molecule has 0 aliphatic heterocycles. The third-order valence-corrected chi connectivity index (χ3v) is 3.20. The van der Waals surface area contributed by atoms with Gasteiger partial charge in [0, 0.05) is 24.2 Å². The average molecular weight is 280 g/mol. The predicted molar refractivity (Wildman–Crippen MR) is 80.7 cm³/mol. The van der Waals surface area contributed by atoms with Crippen LogP contribution in [0.3, 0.4) is 0 Å². The summed E-state index contributed by atoms with van der Waals surface area (Å²) < 4.78 is 13.1. The fourth-order valence-corrected chi connectivity index (χ4v) is 2.16. The van der Waals surface area contributed by atoms with Gasteiger partial charge >= 0.3 is 0 Å². The summed E-state index contributed by atoms with van der Waals surface area (Å²) in [4.78, 5) is 8.26. The third kappa shape index (κ3) is 2.73. The molecule has 0 saturated carbocycles. The fraction of sp³-hybridized carbons (Fsp3) is 0. The molecule has 0 amide bonds. The number of nitrogens with zero attached hydrogens (tertiary/aromatic N) is 2. The standard InChI is InChI=1S/C16H13FN4/c17-13-3-1-11(2-4-13)15-10-20-16(21-18)9-14(15)12-5-7-19-8-6-12/h1-10H,18H2,(H,20,21). The number of hydrazine groups is 1. The molecule has 4 nitrogen and oxygen atoms in total. The fourth-order valence-electron chi connectivity index (χ4n) is 2.16. The van der Waals surface area contributed by atoms with Crippen LogP contribution < -0.4 is 11.3 Å². The lowest BCUT2D eigenvalue weighted by Gasteiger charge is -2.11. The smallest absolute Gasteiger partial charge is 0.140 e. The molecule has 0 bridgehead atoms. The lowest BCUT2D eigenvalue weighted by Crippen LogP contribution is -2.08. The molecule has 0 aliphatic carbocycles. The summed E-state index contributed by atoms with van der Waals surface area (Å²) in [7, 11) is 0. The summed E-state index contributed by atoms with van der Waals surface area (Å²) in [5.74, 6) is 5.73. The Hall–Kier alpha value is -2.79. The zero-order chi connectivity index (χ0) is 14.7. The van der Waals surface area contributed by atoms with Crippen LogP contribution >= 0.6 is 0 Å². The molecular weight excluding hydrogens is 267 g/mol. The van der Waals surface area contributed by atoms with Crippen molar-refractivity contribution in [2.75, 3.05) is 5.43 Å². The minimum absolute atomic E-state index is 0.266. The Morgan fingerprint density at radius 1 is 0.905 bits per heavy atom. The van der Waals surface area contributed by atoms with Crippen molar-refractivity contribution in [1.82, 2.24) is 9.97 Å². The van der Waals surface area contributed by atoms with E-state index < -0.39 is 0 Å². The molecule has 0 radical (unpaired) electrons. The SMILES string of the molecule is NNc1cc(-c2ccncc2)c(-c2ccc(F)cc2)cn1. The van der Waals surface area contributed by atoms with Gasteiger partial charge in [-0.1, -0.05) is 12.1 Å². The van der Waals surface area contributed by atoms with Crippen LogP contribution in [0.2, 0.25) is 0 Å². The Balaban J connectivity index is 2.18. The van der Waals surface area contributed by atoms with Crippen molar-refractivity contribution >= 4 is 5.82 Å². The molecule has 0 unspecified atom stereocenters. The first-order valence-corrected chi connectivity index (χ1v) is 6.41. The molecule has 0 saturated heterocycles. The zero-order valence-electron chi connectivity index (χ0n) is 11.1. The van der Waals surface area contributed by atoms with Gasteiger partial charge in [0.2, 0.25) is 0 Å². The molecule has 0 atom stereocenters. The van der Waals surface area contributed by atoms with Crippen LogP contribution in [0.15, 0.2) is 61.1 Å². The topological polar surface area (TPSA) is 63.8 Å². The van der Waals surface area contributed by atoms with Gasteiger partial charge in [0.15, 0.2) is 0 Å². The second kappa shape index (κ2) is 5.68. The molecule has 104 valence electrons. The maximum absolute atomic E-state index is 13.1. The number of nitrogens with one attached hydrogen (secondary N) is 1. The van der Waals surface area contributed by atoms with Gasteiger partial charge in [0.05, 0.1) is 0 Å². The van der Waals surface area contributed by atoms with E-state index in [2.05, 4.69) is 15.4 Å². The van der Waals surface area contributed by atoms with Gasteiger partial charge in [0.25, 0.3) is 0 Å². The molecular formula is C16H13FN4. The maximum Gasteiger partial charge on any atom is 0.140 e. The van der Waals surface area contributed by atoms with Crippen LogP contribution in [0.25, 0.3) is 22.3 Å². The van der Waals surface area contributed by atoms with Gasteiger partial charge in [-0.3, -0.25) is 4.98 Å². The molecule has 21 heavy (non-hydrogen) atoms. The Morgan fingerprint density at radius 2 is 1.57 bits per heavy atom. The molecule has 0 fully saturated rings. The largest absolute Gasteiger partial charge is 0.308 e. The summed E-state index contributed by atoms with van der Waals surface area (Å²) in [6.45, 7) is 0. The summed E-state index contributed by atoms with van der Waals surface area (Å²) in [6.07, 6.45) is 5.16. The summed E-state index contributed by atoms with van der Waals surface area (Å²) in [5, 5.41) is 0. The van der Waals surface area contributed by atoms with E-state index in [0.717, 1.165) is 22.3 Å². The number of halogens is 1. The molecule has 3 rings (SSSR count). The number of benzene rings is 1. The molecule has 0 aliphatic rings. The first kappa shape index (κ1) is 13.2. The van der Waals surface area contributed by atoms with E-state index in [0.29, 0.717) is 5.82 Å². The first-order chi connectivity index (χ1) is 10.3. The van der Waals surface area contributed by atoms with Crippen LogP contribution in [-0.4, -0.2) is 9.97 Å². The molecule has 5 heteroatoms. The Morgan fingerprint density at radius 3 is 2.24 bits per heavy atom.